The number of carbonyl (C=O) groups excluding carboxylic acids is 1. The number of amides is 1. The van der Waals surface area contributed by atoms with E-state index in [2.05, 4.69) is 5.32 Å². The van der Waals surface area contributed by atoms with Crippen molar-refractivity contribution < 1.29 is 27.4 Å². The van der Waals surface area contributed by atoms with E-state index in [1.54, 1.807) is 43.3 Å². The number of anilines is 1. The molecule has 1 amide bonds. The van der Waals surface area contributed by atoms with Crippen LogP contribution in [-0.4, -0.2) is 39.5 Å². The largest absolute Gasteiger partial charge is 0.476 e. The number of nitrogens with zero attached hydrogens (tertiary/aromatic N) is 1. The van der Waals surface area contributed by atoms with E-state index in [1.165, 1.54) is 4.31 Å². The van der Waals surface area contributed by atoms with Crippen LogP contribution in [0.4, 0.5) is 5.69 Å². The Morgan fingerprint density at radius 3 is 2.75 bits per heavy atom. The van der Waals surface area contributed by atoms with Gasteiger partial charge in [-0.2, -0.15) is 0 Å². The van der Waals surface area contributed by atoms with Gasteiger partial charge in [-0.05, 0) is 36.8 Å². The highest BCUT2D eigenvalue weighted by Gasteiger charge is 2.35. The summed E-state index contributed by atoms with van der Waals surface area (Å²) in [6.45, 7) is 1.95. The van der Waals surface area contributed by atoms with Crippen molar-refractivity contribution in [3.05, 3.63) is 48.0 Å². The Balaban J connectivity index is 1.49. The molecule has 1 N–H and O–H groups in total. The van der Waals surface area contributed by atoms with Gasteiger partial charge in [-0.25, -0.2) is 8.42 Å². The highest BCUT2D eigenvalue weighted by molar-refractivity contribution is 7.92. The number of nitrogens with one attached hydrogen (secondary N) is 1. The first-order chi connectivity index (χ1) is 13.5. The van der Waals surface area contributed by atoms with Crippen LogP contribution in [0.2, 0.25) is 0 Å². The molecular weight excluding hydrogens is 384 g/mol. The maximum atomic E-state index is 12.7. The number of benzene rings is 2. The molecule has 2 heterocycles. The second-order valence-electron chi connectivity index (χ2n) is 6.41. The Hall–Kier alpha value is -2.94. The van der Waals surface area contributed by atoms with E-state index in [1.807, 2.05) is 6.07 Å². The fourth-order valence-corrected chi connectivity index (χ4v) is 4.24. The molecule has 0 saturated carbocycles. The first kappa shape index (κ1) is 18.4. The van der Waals surface area contributed by atoms with Crippen molar-refractivity contribution in [3.8, 4) is 17.2 Å². The summed E-state index contributed by atoms with van der Waals surface area (Å²) in [5.74, 6) is 1.22. The quantitative estimate of drug-likeness (QED) is 0.814. The third-order valence-electron chi connectivity index (χ3n) is 4.63. The van der Waals surface area contributed by atoms with E-state index in [0.717, 1.165) is 5.56 Å². The molecule has 0 radical (unpaired) electrons. The molecule has 0 saturated heterocycles. The van der Waals surface area contributed by atoms with Crippen molar-refractivity contribution in [2.75, 3.05) is 23.4 Å². The molecule has 0 aromatic heterocycles. The van der Waals surface area contributed by atoms with Gasteiger partial charge in [-0.1, -0.05) is 18.2 Å². The van der Waals surface area contributed by atoms with Crippen molar-refractivity contribution >= 4 is 21.6 Å². The molecule has 148 valence electrons. The van der Waals surface area contributed by atoms with Crippen molar-refractivity contribution in [1.82, 2.24) is 5.32 Å². The summed E-state index contributed by atoms with van der Waals surface area (Å²) in [6, 6.07) is 12.2. The van der Waals surface area contributed by atoms with Crippen molar-refractivity contribution in [3.63, 3.8) is 0 Å². The van der Waals surface area contributed by atoms with Crippen molar-refractivity contribution in [1.29, 1.82) is 0 Å². The highest BCUT2D eigenvalue weighted by atomic mass is 32.2. The van der Waals surface area contributed by atoms with Crippen molar-refractivity contribution in [2.24, 2.45) is 0 Å². The van der Waals surface area contributed by atoms with E-state index in [9.17, 15) is 13.2 Å². The van der Waals surface area contributed by atoms with Gasteiger partial charge in [0.15, 0.2) is 17.6 Å². The zero-order valence-corrected chi connectivity index (χ0v) is 16.1. The summed E-state index contributed by atoms with van der Waals surface area (Å²) in [6.07, 6.45) is -0.940. The molecule has 0 unspecified atom stereocenters. The minimum Gasteiger partial charge on any atom is -0.476 e. The average molecular weight is 404 g/mol. The Kier molecular flexibility index (Phi) is 4.76. The lowest BCUT2D eigenvalue weighted by Crippen LogP contribution is -2.50. The van der Waals surface area contributed by atoms with Crippen LogP contribution in [0.3, 0.4) is 0 Å². The van der Waals surface area contributed by atoms with Crippen LogP contribution < -0.4 is 23.8 Å². The molecule has 9 heteroatoms. The van der Waals surface area contributed by atoms with E-state index in [0.29, 0.717) is 22.9 Å². The Morgan fingerprint density at radius 1 is 1.14 bits per heavy atom. The fraction of sp³-hybridized carbons (Fsp3) is 0.316. The van der Waals surface area contributed by atoms with Gasteiger partial charge in [0, 0.05) is 6.54 Å². The molecule has 8 nitrogen and oxygen atoms in total. The number of carbonyl (C=O) groups is 1. The number of hydrogen-bond acceptors (Lipinski definition) is 6. The molecular formula is C19H20N2O6S. The van der Waals surface area contributed by atoms with Crippen LogP contribution >= 0.6 is 0 Å². The second-order valence-corrected chi connectivity index (χ2v) is 8.59. The summed E-state index contributed by atoms with van der Waals surface area (Å²) in [4.78, 5) is 12.7. The Labute approximate surface area is 163 Å². The minimum atomic E-state index is -3.53. The second kappa shape index (κ2) is 7.23. The number of ether oxygens (including phenoxy) is 3. The van der Waals surface area contributed by atoms with Crippen LogP contribution in [0.1, 0.15) is 12.5 Å². The monoisotopic (exact) mass is 404 g/mol. The minimum absolute atomic E-state index is 0.0626. The third kappa shape index (κ3) is 3.45. The molecule has 0 fully saturated rings. The zero-order chi connectivity index (χ0) is 19.7. The van der Waals surface area contributed by atoms with Crippen LogP contribution in [0.5, 0.6) is 17.2 Å². The molecule has 0 aliphatic carbocycles. The SMILES string of the molecule is CCS(=O)(=O)N1C[C@H](C(=O)NCc2ccc3c(c2)OCO3)Oc2ccccc21. The molecule has 0 bridgehead atoms. The standard InChI is InChI=1S/C19H20N2O6S/c1-2-28(23,24)21-11-18(27-15-6-4-3-5-14(15)21)19(22)20-10-13-7-8-16-17(9-13)26-12-25-16/h3-9,18H,2,10-12H2,1H3,(H,20,22)/t18-/m1/s1. The Morgan fingerprint density at radius 2 is 1.93 bits per heavy atom. The van der Waals surface area contributed by atoms with Gasteiger partial charge in [0.1, 0.15) is 5.75 Å². The van der Waals surface area contributed by atoms with Crippen LogP contribution in [0.25, 0.3) is 0 Å². The van der Waals surface area contributed by atoms with Crippen LogP contribution in [-0.2, 0) is 21.4 Å². The Bertz CT molecular complexity index is 1010. The number of hydrogen-bond donors (Lipinski definition) is 1. The van der Waals surface area contributed by atoms with E-state index in [-0.39, 0.29) is 31.5 Å². The maximum absolute atomic E-state index is 12.7. The normalized spacial score (nSPS) is 17.6. The van der Waals surface area contributed by atoms with Gasteiger partial charge in [-0.15, -0.1) is 0 Å². The van der Waals surface area contributed by atoms with Gasteiger partial charge < -0.3 is 19.5 Å². The first-order valence-corrected chi connectivity index (χ1v) is 10.5. The lowest BCUT2D eigenvalue weighted by molar-refractivity contribution is -0.127. The summed E-state index contributed by atoms with van der Waals surface area (Å²) in [7, 11) is -3.53. The smallest absolute Gasteiger partial charge is 0.263 e. The van der Waals surface area contributed by atoms with Gasteiger partial charge in [0.05, 0.1) is 18.0 Å². The summed E-state index contributed by atoms with van der Waals surface area (Å²) < 4.78 is 42.6. The topological polar surface area (TPSA) is 94.2 Å². The van der Waals surface area contributed by atoms with E-state index < -0.39 is 16.1 Å². The van der Waals surface area contributed by atoms with Gasteiger partial charge >= 0.3 is 0 Å². The molecule has 2 aromatic carbocycles. The summed E-state index contributed by atoms with van der Waals surface area (Å²) in [5.41, 5.74) is 1.29. The van der Waals surface area contributed by atoms with Gasteiger partial charge in [0.25, 0.3) is 5.91 Å². The molecule has 1 atom stereocenters. The first-order valence-electron chi connectivity index (χ1n) is 8.90. The zero-order valence-electron chi connectivity index (χ0n) is 15.3. The van der Waals surface area contributed by atoms with E-state index in [4.69, 9.17) is 14.2 Å². The lowest BCUT2D eigenvalue weighted by atomic mass is 10.2. The highest BCUT2D eigenvalue weighted by Crippen LogP contribution is 2.35. The molecule has 28 heavy (non-hydrogen) atoms. The fourth-order valence-electron chi connectivity index (χ4n) is 3.11. The van der Waals surface area contributed by atoms with Crippen LogP contribution in [0.15, 0.2) is 42.5 Å². The lowest BCUT2D eigenvalue weighted by Gasteiger charge is -2.34. The molecule has 2 aliphatic rings. The molecule has 2 aliphatic heterocycles. The number of sulfonamides is 1. The summed E-state index contributed by atoms with van der Waals surface area (Å²) in [5, 5.41) is 2.80. The predicted molar refractivity (Wildman–Crippen MR) is 102 cm³/mol. The predicted octanol–water partition coefficient (Wildman–Crippen LogP) is 1.65. The molecule has 0 spiro atoms. The molecule has 2 aromatic rings. The summed E-state index contributed by atoms with van der Waals surface area (Å²) >= 11 is 0. The van der Waals surface area contributed by atoms with Gasteiger partial charge in [0.2, 0.25) is 16.8 Å². The van der Waals surface area contributed by atoms with Gasteiger partial charge in [-0.3, -0.25) is 9.10 Å². The molecule has 4 rings (SSSR count). The average Bonchev–Trinajstić information content (AvgIpc) is 3.19. The van der Waals surface area contributed by atoms with Crippen LogP contribution in [0, 0.1) is 0 Å². The van der Waals surface area contributed by atoms with Crippen molar-refractivity contribution in [2.45, 2.75) is 19.6 Å². The van der Waals surface area contributed by atoms with E-state index >= 15 is 0 Å². The number of fused-ring (bicyclic) bond motifs is 2. The number of para-hydroxylation sites is 2. The third-order valence-corrected chi connectivity index (χ3v) is 6.38. The maximum Gasteiger partial charge on any atom is 0.263 e. The number of rotatable bonds is 5.